The van der Waals surface area contributed by atoms with Crippen LogP contribution in [0.2, 0.25) is 0 Å². The van der Waals surface area contributed by atoms with Crippen molar-refractivity contribution < 1.29 is 22.1 Å². The van der Waals surface area contributed by atoms with Gasteiger partial charge in [0.2, 0.25) is 0 Å². The van der Waals surface area contributed by atoms with E-state index >= 15 is 0 Å². The van der Waals surface area contributed by atoms with E-state index in [0.29, 0.717) is 6.42 Å². The third kappa shape index (κ3) is 4.48. The largest absolute Gasteiger partial charge is 0.447 e. The van der Waals surface area contributed by atoms with Crippen LogP contribution in [0.25, 0.3) is 0 Å². The molecule has 1 saturated heterocycles. The van der Waals surface area contributed by atoms with Gasteiger partial charge in [-0.15, -0.1) is 0 Å². The molecule has 1 aliphatic heterocycles. The number of amides is 1. The molecule has 0 N–H and O–H groups in total. The Hall–Kier alpha value is -2.38. The molecule has 1 aliphatic rings. The van der Waals surface area contributed by atoms with Crippen LogP contribution in [0.5, 0.6) is 0 Å². The Labute approximate surface area is 159 Å². The first-order valence-corrected chi connectivity index (χ1v) is 10.5. The molecule has 6 nitrogen and oxygen atoms in total. The fourth-order valence-corrected chi connectivity index (χ4v) is 3.90. The Kier molecular flexibility index (Phi) is 5.53. The Morgan fingerprint density at radius 2 is 1.70 bits per heavy atom. The average Bonchev–Trinajstić information content (AvgIpc) is 2.97. The van der Waals surface area contributed by atoms with Crippen molar-refractivity contribution in [3.8, 4) is 0 Å². The highest BCUT2D eigenvalue weighted by Gasteiger charge is 2.50. The quantitative estimate of drug-likeness (QED) is 0.680. The lowest BCUT2D eigenvalue weighted by molar-refractivity contribution is 0.0761. The van der Waals surface area contributed by atoms with E-state index in [0.717, 1.165) is 17.4 Å². The molecule has 0 spiro atoms. The molecule has 2 atom stereocenters. The lowest BCUT2D eigenvalue weighted by Crippen LogP contribution is -2.53. The number of carbonyl (C=O) groups excluding carboxylic acids is 1. The van der Waals surface area contributed by atoms with Crippen molar-refractivity contribution in [2.45, 2.75) is 24.9 Å². The summed E-state index contributed by atoms with van der Waals surface area (Å²) in [7, 11) is -3.67. The van der Waals surface area contributed by atoms with E-state index in [4.69, 9.17) is 8.92 Å². The van der Waals surface area contributed by atoms with E-state index in [1.54, 1.807) is 4.90 Å². The third-order valence-electron chi connectivity index (χ3n) is 4.76. The lowest BCUT2D eigenvalue weighted by atomic mass is 9.89. The van der Waals surface area contributed by atoms with Gasteiger partial charge in [0.05, 0.1) is 18.9 Å². The van der Waals surface area contributed by atoms with Crippen LogP contribution in [-0.4, -0.2) is 44.4 Å². The Morgan fingerprint density at radius 1 is 1.11 bits per heavy atom. The summed E-state index contributed by atoms with van der Waals surface area (Å²) in [5.74, 6) is 0. The van der Waals surface area contributed by atoms with Crippen molar-refractivity contribution in [1.82, 2.24) is 4.90 Å². The molecule has 0 bridgehead atoms. The van der Waals surface area contributed by atoms with Crippen LogP contribution in [0.3, 0.4) is 0 Å². The van der Waals surface area contributed by atoms with E-state index in [9.17, 15) is 13.2 Å². The Balaban J connectivity index is 1.99. The normalized spacial score (nSPS) is 21.1. The molecule has 2 aromatic carbocycles. The van der Waals surface area contributed by atoms with Crippen molar-refractivity contribution in [2.75, 3.05) is 19.5 Å². The molecule has 0 aromatic heterocycles. The van der Waals surface area contributed by atoms with Crippen LogP contribution in [0.4, 0.5) is 4.79 Å². The van der Waals surface area contributed by atoms with E-state index in [2.05, 4.69) is 0 Å². The second-order valence-corrected chi connectivity index (χ2v) is 8.51. The number of rotatable bonds is 7. The maximum atomic E-state index is 12.6. The number of carbonyl (C=O) groups is 1. The number of cyclic esters (lactones) is 1. The highest BCUT2D eigenvalue weighted by molar-refractivity contribution is 7.85. The van der Waals surface area contributed by atoms with E-state index in [-0.39, 0.29) is 19.3 Å². The maximum Gasteiger partial charge on any atom is 0.411 e. The molecule has 1 fully saturated rings. The van der Waals surface area contributed by atoms with Gasteiger partial charge < -0.3 is 4.74 Å². The molecule has 144 valence electrons. The monoisotopic (exact) mass is 389 g/mol. The summed E-state index contributed by atoms with van der Waals surface area (Å²) in [6.07, 6.45) is 0.956. The number of nitrogens with zero attached hydrogens (tertiary/aromatic N) is 1. The molecule has 1 heterocycles. The van der Waals surface area contributed by atoms with Gasteiger partial charge in [-0.2, -0.15) is 8.42 Å². The van der Waals surface area contributed by atoms with Gasteiger partial charge in [-0.25, -0.2) is 4.79 Å². The Morgan fingerprint density at radius 3 is 2.30 bits per heavy atom. The first-order valence-electron chi connectivity index (χ1n) is 8.70. The second-order valence-electron chi connectivity index (χ2n) is 6.86. The molecule has 0 saturated carbocycles. The zero-order chi connectivity index (χ0) is 19.5. The minimum Gasteiger partial charge on any atom is -0.447 e. The van der Waals surface area contributed by atoms with Crippen LogP contribution in [0, 0.1) is 0 Å². The first-order chi connectivity index (χ1) is 12.8. The van der Waals surface area contributed by atoms with Gasteiger partial charge in [-0.1, -0.05) is 60.7 Å². The summed E-state index contributed by atoms with van der Waals surface area (Å²) >= 11 is 0. The minimum atomic E-state index is -3.67. The average molecular weight is 389 g/mol. The van der Waals surface area contributed by atoms with Crippen LogP contribution < -0.4 is 0 Å². The summed E-state index contributed by atoms with van der Waals surface area (Å²) in [4.78, 5) is 14.2. The van der Waals surface area contributed by atoms with Gasteiger partial charge in [0.1, 0.15) is 12.1 Å². The van der Waals surface area contributed by atoms with Crippen molar-refractivity contribution >= 4 is 16.2 Å². The molecule has 1 amide bonds. The zero-order valence-corrected chi connectivity index (χ0v) is 16.2. The summed E-state index contributed by atoms with van der Waals surface area (Å²) in [6.45, 7) is 1.80. The summed E-state index contributed by atoms with van der Waals surface area (Å²) in [6, 6.07) is 18.9. The maximum absolute atomic E-state index is 12.6. The van der Waals surface area contributed by atoms with Crippen molar-refractivity contribution in [3.63, 3.8) is 0 Å². The molecule has 0 aliphatic carbocycles. The van der Waals surface area contributed by atoms with Crippen LogP contribution in [0.15, 0.2) is 60.7 Å². The molecule has 7 heteroatoms. The van der Waals surface area contributed by atoms with Crippen LogP contribution >= 0.6 is 0 Å². The smallest absolute Gasteiger partial charge is 0.411 e. The fraction of sp³-hybridized carbons (Fsp3) is 0.350. The molecule has 2 aromatic rings. The summed E-state index contributed by atoms with van der Waals surface area (Å²) < 4.78 is 33.8. The van der Waals surface area contributed by atoms with E-state index in [1.165, 1.54) is 0 Å². The number of benzene rings is 2. The topological polar surface area (TPSA) is 72.9 Å². The molecule has 0 radical (unpaired) electrons. The van der Waals surface area contributed by atoms with E-state index in [1.807, 2.05) is 67.6 Å². The van der Waals surface area contributed by atoms with E-state index < -0.39 is 21.8 Å². The Bertz CT molecular complexity index is 885. The van der Waals surface area contributed by atoms with Gasteiger partial charge in [0, 0.05) is 6.42 Å². The van der Waals surface area contributed by atoms with Crippen molar-refractivity contribution in [1.29, 1.82) is 0 Å². The van der Waals surface area contributed by atoms with Crippen molar-refractivity contribution in [3.05, 3.63) is 71.8 Å². The second kappa shape index (κ2) is 7.70. The van der Waals surface area contributed by atoms with Gasteiger partial charge in [-0.3, -0.25) is 9.08 Å². The predicted molar refractivity (Wildman–Crippen MR) is 102 cm³/mol. The van der Waals surface area contributed by atoms with Crippen molar-refractivity contribution in [2.24, 2.45) is 0 Å². The predicted octanol–water partition coefficient (Wildman–Crippen LogP) is 3.16. The van der Waals surface area contributed by atoms with Crippen LogP contribution in [0.1, 0.15) is 24.1 Å². The summed E-state index contributed by atoms with van der Waals surface area (Å²) in [5, 5.41) is 0. The van der Waals surface area contributed by atoms with Gasteiger partial charge in [0.25, 0.3) is 10.1 Å². The first kappa shape index (κ1) is 19.4. The molecule has 27 heavy (non-hydrogen) atoms. The molecular formula is C20H23NO5S. The van der Waals surface area contributed by atoms with Gasteiger partial charge in [-0.05, 0) is 18.1 Å². The standard InChI is InChI=1S/C20H23NO5S/c1-16(18-11-7-4-8-12-18)21-19(22)25-14-20(21,15-26-27(2,23)24)13-17-9-5-3-6-10-17/h3-12,16H,13-15H2,1-2H3/t16-,20-/m1/s1. The molecule has 0 unspecified atom stereocenters. The van der Waals surface area contributed by atoms with Gasteiger partial charge >= 0.3 is 6.09 Å². The number of ether oxygens (including phenoxy) is 1. The molecular weight excluding hydrogens is 366 g/mol. The highest BCUT2D eigenvalue weighted by atomic mass is 32.2. The lowest BCUT2D eigenvalue weighted by Gasteiger charge is -2.39. The fourth-order valence-electron chi connectivity index (χ4n) is 3.47. The number of hydrogen-bond acceptors (Lipinski definition) is 5. The highest BCUT2D eigenvalue weighted by Crippen LogP contribution is 2.37. The minimum absolute atomic E-state index is 0.0629. The third-order valence-corrected chi connectivity index (χ3v) is 5.31. The summed E-state index contributed by atoms with van der Waals surface area (Å²) in [5.41, 5.74) is 0.989. The van der Waals surface area contributed by atoms with Gasteiger partial charge in [0.15, 0.2) is 0 Å². The molecule has 3 rings (SSSR count). The van der Waals surface area contributed by atoms with Crippen LogP contribution in [-0.2, 0) is 25.5 Å². The zero-order valence-electron chi connectivity index (χ0n) is 15.4. The number of hydrogen-bond donors (Lipinski definition) is 0. The SMILES string of the molecule is C[C@H](c1ccccc1)N1C(=O)OC[C@@]1(COS(C)(=O)=O)Cc1ccccc1.